The van der Waals surface area contributed by atoms with Gasteiger partial charge in [0.05, 0.1) is 5.41 Å². The lowest BCUT2D eigenvalue weighted by Crippen LogP contribution is -2.32. The lowest BCUT2D eigenvalue weighted by molar-refractivity contribution is 0.436. The SMILES string of the molecule is c1ccc(-c2nc(-c3ccc(-c4ccc5c(c4)C4(c6ccccc6O5)c5ccccc5-c5ccccc54)cc3)nc(-c3ccccn3)n2)cc1. The Morgan fingerprint density at radius 1 is 0.380 bits per heavy atom. The third kappa shape index (κ3) is 4.27. The molecule has 2 aliphatic rings. The average molecular weight is 641 g/mol. The first kappa shape index (κ1) is 28.3. The summed E-state index contributed by atoms with van der Waals surface area (Å²) < 4.78 is 6.63. The smallest absolute Gasteiger partial charge is 0.182 e. The molecule has 0 saturated heterocycles. The van der Waals surface area contributed by atoms with Crippen molar-refractivity contribution in [1.29, 1.82) is 0 Å². The summed E-state index contributed by atoms with van der Waals surface area (Å²) in [5, 5.41) is 0. The summed E-state index contributed by atoms with van der Waals surface area (Å²) in [5.41, 5.74) is 11.6. The van der Waals surface area contributed by atoms with Gasteiger partial charge in [-0.3, -0.25) is 4.98 Å². The fourth-order valence-corrected chi connectivity index (χ4v) is 7.68. The molecule has 50 heavy (non-hydrogen) atoms. The Bertz CT molecular complexity index is 2460. The van der Waals surface area contributed by atoms with E-state index in [2.05, 4.69) is 120 Å². The Balaban J connectivity index is 1.11. The quantitative estimate of drug-likeness (QED) is 0.192. The van der Waals surface area contributed by atoms with Gasteiger partial charge in [-0.25, -0.2) is 15.0 Å². The number of hydrogen-bond donors (Lipinski definition) is 0. The van der Waals surface area contributed by atoms with Crippen molar-refractivity contribution in [3.63, 3.8) is 0 Å². The van der Waals surface area contributed by atoms with Gasteiger partial charge in [0.15, 0.2) is 17.5 Å². The van der Waals surface area contributed by atoms with Crippen molar-refractivity contribution in [3.05, 3.63) is 192 Å². The molecule has 0 bridgehead atoms. The second kappa shape index (κ2) is 11.2. The van der Waals surface area contributed by atoms with Crippen LogP contribution < -0.4 is 4.74 Å². The molecule has 0 radical (unpaired) electrons. The summed E-state index contributed by atoms with van der Waals surface area (Å²) in [6, 6.07) is 56.9. The number of rotatable bonds is 4. The predicted octanol–water partition coefficient (Wildman–Crippen LogP) is 10.4. The largest absolute Gasteiger partial charge is 0.457 e. The van der Waals surface area contributed by atoms with E-state index in [1.165, 1.54) is 22.3 Å². The molecule has 0 saturated carbocycles. The number of benzene rings is 6. The molecule has 0 fully saturated rings. The maximum atomic E-state index is 6.63. The molecule has 1 aliphatic heterocycles. The minimum absolute atomic E-state index is 0.506. The van der Waals surface area contributed by atoms with Gasteiger partial charge in [0.1, 0.15) is 17.2 Å². The Hall–Kier alpha value is -6.72. The third-order valence-corrected chi connectivity index (χ3v) is 9.88. The zero-order valence-corrected chi connectivity index (χ0v) is 26.9. The number of aromatic nitrogens is 4. The van der Waals surface area contributed by atoms with Crippen LogP contribution in [0.15, 0.2) is 170 Å². The number of fused-ring (bicyclic) bond motifs is 9. The number of nitrogens with zero attached hydrogens (tertiary/aromatic N) is 4. The Morgan fingerprint density at radius 3 is 1.62 bits per heavy atom. The van der Waals surface area contributed by atoms with Crippen LogP contribution in [-0.4, -0.2) is 19.9 Å². The van der Waals surface area contributed by atoms with Crippen LogP contribution in [0.4, 0.5) is 0 Å². The maximum absolute atomic E-state index is 6.63. The molecular weight excluding hydrogens is 613 g/mol. The van der Waals surface area contributed by atoms with E-state index in [4.69, 9.17) is 19.7 Å². The van der Waals surface area contributed by atoms with Crippen LogP contribution in [0.3, 0.4) is 0 Å². The lowest BCUT2D eigenvalue weighted by atomic mass is 9.66. The summed E-state index contributed by atoms with van der Waals surface area (Å²) in [5.74, 6) is 3.51. The molecule has 0 atom stereocenters. The van der Waals surface area contributed by atoms with E-state index in [1.54, 1.807) is 6.20 Å². The Morgan fingerprint density at radius 2 is 0.920 bits per heavy atom. The average Bonchev–Trinajstić information content (AvgIpc) is 3.49. The van der Waals surface area contributed by atoms with Crippen LogP contribution in [0.2, 0.25) is 0 Å². The third-order valence-electron chi connectivity index (χ3n) is 9.88. The van der Waals surface area contributed by atoms with E-state index in [9.17, 15) is 0 Å². The molecule has 6 aromatic carbocycles. The standard InChI is InChI=1S/C45H28N4O/c1-2-12-30(13-3-1)42-47-43(49-44(48-42)39-19-10-11-27-46-39)31-23-21-29(22-24-31)32-25-26-41-38(28-32)45(37-18-8-9-20-40(37)50-41)35-16-6-4-14-33(35)34-15-5-7-17-36(34)45/h1-28H. The molecule has 5 nitrogen and oxygen atoms in total. The van der Waals surface area contributed by atoms with Crippen LogP contribution in [-0.2, 0) is 5.41 Å². The van der Waals surface area contributed by atoms with Gasteiger partial charge in [-0.05, 0) is 63.7 Å². The van der Waals surface area contributed by atoms with E-state index in [0.717, 1.165) is 44.9 Å². The molecule has 3 heterocycles. The van der Waals surface area contributed by atoms with E-state index < -0.39 is 5.41 Å². The molecular formula is C45H28N4O. The van der Waals surface area contributed by atoms with Gasteiger partial charge in [-0.1, -0.05) is 133 Å². The van der Waals surface area contributed by atoms with Crippen LogP contribution in [0, 0.1) is 0 Å². The maximum Gasteiger partial charge on any atom is 0.182 e. The molecule has 234 valence electrons. The molecule has 1 aliphatic carbocycles. The van der Waals surface area contributed by atoms with Crippen molar-refractivity contribution in [3.8, 4) is 68.0 Å². The monoisotopic (exact) mass is 640 g/mol. The highest BCUT2D eigenvalue weighted by molar-refractivity contribution is 5.89. The zero-order chi connectivity index (χ0) is 33.1. The Labute approximate surface area is 289 Å². The van der Waals surface area contributed by atoms with Crippen molar-refractivity contribution in [1.82, 2.24) is 19.9 Å². The van der Waals surface area contributed by atoms with Gasteiger partial charge in [0.25, 0.3) is 0 Å². The van der Waals surface area contributed by atoms with Gasteiger partial charge in [0, 0.05) is 28.5 Å². The zero-order valence-electron chi connectivity index (χ0n) is 26.9. The van der Waals surface area contributed by atoms with E-state index in [0.29, 0.717) is 23.2 Å². The summed E-state index contributed by atoms with van der Waals surface area (Å²) >= 11 is 0. The first-order valence-corrected chi connectivity index (χ1v) is 16.7. The minimum atomic E-state index is -0.506. The molecule has 0 N–H and O–H groups in total. The summed E-state index contributed by atoms with van der Waals surface area (Å²) in [7, 11) is 0. The number of hydrogen-bond acceptors (Lipinski definition) is 5. The molecule has 0 amide bonds. The lowest BCUT2D eigenvalue weighted by Gasteiger charge is -2.39. The highest BCUT2D eigenvalue weighted by Crippen LogP contribution is 2.62. The molecule has 2 aromatic heterocycles. The van der Waals surface area contributed by atoms with Crippen molar-refractivity contribution < 1.29 is 4.74 Å². The van der Waals surface area contributed by atoms with Crippen molar-refractivity contribution in [2.45, 2.75) is 5.41 Å². The summed E-state index contributed by atoms with van der Waals surface area (Å²) in [6.45, 7) is 0. The molecule has 0 unspecified atom stereocenters. The number of ether oxygens (including phenoxy) is 1. The second-order valence-electron chi connectivity index (χ2n) is 12.6. The van der Waals surface area contributed by atoms with Crippen LogP contribution in [0.5, 0.6) is 11.5 Å². The normalized spacial score (nSPS) is 13.1. The first-order valence-electron chi connectivity index (χ1n) is 16.7. The van der Waals surface area contributed by atoms with Crippen molar-refractivity contribution in [2.24, 2.45) is 0 Å². The number of para-hydroxylation sites is 1. The van der Waals surface area contributed by atoms with Gasteiger partial charge >= 0.3 is 0 Å². The van der Waals surface area contributed by atoms with Crippen LogP contribution in [0.1, 0.15) is 22.3 Å². The van der Waals surface area contributed by atoms with E-state index in [-0.39, 0.29) is 0 Å². The summed E-state index contributed by atoms with van der Waals surface area (Å²) in [6.07, 6.45) is 1.75. The van der Waals surface area contributed by atoms with Gasteiger partial charge in [0.2, 0.25) is 0 Å². The van der Waals surface area contributed by atoms with Gasteiger partial charge < -0.3 is 4.74 Å². The Kier molecular flexibility index (Phi) is 6.33. The minimum Gasteiger partial charge on any atom is -0.457 e. The molecule has 10 rings (SSSR count). The van der Waals surface area contributed by atoms with Crippen molar-refractivity contribution in [2.75, 3.05) is 0 Å². The van der Waals surface area contributed by atoms with E-state index >= 15 is 0 Å². The van der Waals surface area contributed by atoms with Crippen molar-refractivity contribution >= 4 is 0 Å². The topological polar surface area (TPSA) is 60.8 Å². The van der Waals surface area contributed by atoms with Gasteiger partial charge in [-0.2, -0.15) is 0 Å². The number of pyridine rings is 1. The highest BCUT2D eigenvalue weighted by atomic mass is 16.5. The molecule has 8 aromatic rings. The molecule has 5 heteroatoms. The summed E-state index contributed by atoms with van der Waals surface area (Å²) in [4.78, 5) is 19.1. The fourth-order valence-electron chi connectivity index (χ4n) is 7.68. The van der Waals surface area contributed by atoms with Gasteiger partial charge in [-0.15, -0.1) is 0 Å². The second-order valence-corrected chi connectivity index (χ2v) is 12.6. The van der Waals surface area contributed by atoms with Crippen LogP contribution in [0.25, 0.3) is 56.5 Å². The fraction of sp³-hybridized carbons (Fsp3) is 0.0222. The highest BCUT2D eigenvalue weighted by Gasteiger charge is 2.50. The first-order chi connectivity index (χ1) is 24.8. The van der Waals surface area contributed by atoms with Crippen LogP contribution >= 0.6 is 0 Å². The predicted molar refractivity (Wildman–Crippen MR) is 197 cm³/mol. The molecule has 1 spiro atoms. The van der Waals surface area contributed by atoms with E-state index in [1.807, 2.05) is 48.5 Å².